The normalized spacial score (nSPS) is 21.1. The molecule has 1 fully saturated rings. The van der Waals surface area contributed by atoms with Crippen LogP contribution in [0.2, 0.25) is 0 Å². The first-order valence-electron chi connectivity index (χ1n) is 3.20. The summed E-state index contributed by atoms with van der Waals surface area (Å²) in [6.45, 7) is 2.12. The molecular weight excluding hydrogens is 118 g/mol. The van der Waals surface area contributed by atoms with E-state index in [2.05, 4.69) is 0 Å². The number of carbonyl (C=O) groups excluding carboxylic acids is 1. The fourth-order valence-corrected chi connectivity index (χ4v) is 0.849. The van der Waals surface area contributed by atoms with Gasteiger partial charge in [0.15, 0.2) is 0 Å². The fourth-order valence-electron chi connectivity index (χ4n) is 0.849. The highest BCUT2D eigenvalue weighted by Gasteiger charge is 2.04. The van der Waals surface area contributed by atoms with E-state index in [1.807, 2.05) is 0 Å². The minimum Gasteiger partial charge on any atom is -0.361 e. The van der Waals surface area contributed by atoms with Crippen molar-refractivity contribution in [1.29, 1.82) is 0 Å². The van der Waals surface area contributed by atoms with Gasteiger partial charge in [-0.25, -0.2) is 0 Å². The fraction of sp³-hybridized carbons (Fsp3) is 0.833. The lowest BCUT2D eigenvalue weighted by molar-refractivity contribution is -0.122. The van der Waals surface area contributed by atoms with Crippen molar-refractivity contribution in [3.05, 3.63) is 0 Å². The number of carbonyl (C=O) groups is 1. The highest BCUT2D eigenvalue weighted by molar-refractivity contribution is 5.46. The molecule has 1 rings (SSSR count). The third-order valence-corrected chi connectivity index (χ3v) is 1.39. The Morgan fingerprint density at radius 2 is 2.33 bits per heavy atom. The predicted octanol–water partition coefficient (Wildman–Crippen LogP) is 0.213. The van der Waals surface area contributed by atoms with Crippen LogP contribution in [-0.2, 0) is 9.53 Å². The van der Waals surface area contributed by atoms with Crippen molar-refractivity contribution in [2.75, 3.05) is 19.9 Å². The zero-order valence-electron chi connectivity index (χ0n) is 5.38. The van der Waals surface area contributed by atoms with E-state index in [1.54, 1.807) is 4.90 Å². The van der Waals surface area contributed by atoms with Crippen LogP contribution in [0, 0.1) is 0 Å². The predicted molar refractivity (Wildman–Crippen MR) is 32.8 cm³/mol. The molecule has 0 saturated carbocycles. The monoisotopic (exact) mass is 129 g/mol. The number of hydrogen-bond acceptors (Lipinski definition) is 2. The van der Waals surface area contributed by atoms with Gasteiger partial charge >= 0.3 is 0 Å². The Bertz CT molecular complexity index is 87.1. The summed E-state index contributed by atoms with van der Waals surface area (Å²) in [5.41, 5.74) is 0. The molecule has 0 spiro atoms. The second-order valence-electron chi connectivity index (χ2n) is 2.16. The van der Waals surface area contributed by atoms with E-state index in [0.717, 1.165) is 32.4 Å². The smallest absolute Gasteiger partial charge is 0.211 e. The van der Waals surface area contributed by atoms with Crippen molar-refractivity contribution in [2.24, 2.45) is 0 Å². The molecule has 1 amide bonds. The van der Waals surface area contributed by atoms with E-state index in [4.69, 9.17) is 4.74 Å². The summed E-state index contributed by atoms with van der Waals surface area (Å²) in [4.78, 5) is 11.8. The Morgan fingerprint density at radius 3 is 3.11 bits per heavy atom. The topological polar surface area (TPSA) is 29.5 Å². The van der Waals surface area contributed by atoms with Crippen molar-refractivity contribution in [1.82, 2.24) is 4.90 Å². The Balaban J connectivity index is 2.26. The lowest BCUT2D eigenvalue weighted by Gasteiger charge is -2.11. The van der Waals surface area contributed by atoms with Gasteiger partial charge in [0.2, 0.25) is 6.41 Å². The average Bonchev–Trinajstić information content (AvgIpc) is 2.13. The van der Waals surface area contributed by atoms with Gasteiger partial charge in [-0.2, -0.15) is 0 Å². The van der Waals surface area contributed by atoms with Gasteiger partial charge in [-0.15, -0.1) is 0 Å². The summed E-state index contributed by atoms with van der Waals surface area (Å²) < 4.78 is 5.09. The summed E-state index contributed by atoms with van der Waals surface area (Å²) in [6.07, 6.45) is 2.98. The molecular formula is C6H11NO2. The molecule has 3 heteroatoms. The summed E-state index contributed by atoms with van der Waals surface area (Å²) in [5.74, 6) is 0. The maximum atomic E-state index is 10.2. The van der Waals surface area contributed by atoms with Crippen LogP contribution in [0.15, 0.2) is 0 Å². The van der Waals surface area contributed by atoms with Gasteiger partial charge in [0.25, 0.3) is 0 Å². The minimum absolute atomic E-state index is 0.476. The molecule has 0 aromatic carbocycles. The molecule has 0 atom stereocenters. The van der Waals surface area contributed by atoms with Gasteiger partial charge in [0, 0.05) is 13.2 Å². The second kappa shape index (κ2) is 3.45. The second-order valence-corrected chi connectivity index (χ2v) is 2.16. The molecule has 1 saturated heterocycles. The van der Waals surface area contributed by atoms with Crippen LogP contribution >= 0.6 is 0 Å². The Hall–Kier alpha value is -0.570. The zero-order valence-corrected chi connectivity index (χ0v) is 5.38. The summed E-state index contributed by atoms with van der Waals surface area (Å²) >= 11 is 0. The average molecular weight is 129 g/mol. The van der Waals surface area contributed by atoms with Crippen LogP contribution in [0.25, 0.3) is 0 Å². The van der Waals surface area contributed by atoms with Gasteiger partial charge in [-0.3, -0.25) is 4.79 Å². The first-order chi connectivity index (χ1) is 4.43. The first-order valence-corrected chi connectivity index (χ1v) is 3.20. The van der Waals surface area contributed by atoms with Gasteiger partial charge in [0.05, 0.1) is 0 Å². The lowest BCUT2D eigenvalue weighted by Crippen LogP contribution is -2.23. The number of nitrogens with zero attached hydrogens (tertiary/aromatic N) is 1. The van der Waals surface area contributed by atoms with Crippen molar-refractivity contribution in [3.8, 4) is 0 Å². The molecule has 0 aromatic heterocycles. The van der Waals surface area contributed by atoms with E-state index < -0.39 is 0 Å². The highest BCUT2D eigenvalue weighted by atomic mass is 16.5. The van der Waals surface area contributed by atoms with E-state index in [1.165, 1.54) is 0 Å². The van der Waals surface area contributed by atoms with Crippen LogP contribution in [0.1, 0.15) is 12.8 Å². The quantitative estimate of drug-likeness (QED) is 0.474. The first kappa shape index (κ1) is 6.55. The number of rotatable bonds is 1. The Labute approximate surface area is 54.6 Å². The van der Waals surface area contributed by atoms with E-state index in [0.29, 0.717) is 6.73 Å². The molecule has 9 heavy (non-hydrogen) atoms. The molecule has 0 unspecified atom stereocenters. The van der Waals surface area contributed by atoms with Crippen LogP contribution in [0.5, 0.6) is 0 Å². The zero-order chi connectivity index (χ0) is 6.53. The molecule has 52 valence electrons. The van der Waals surface area contributed by atoms with Crippen LogP contribution < -0.4 is 0 Å². The van der Waals surface area contributed by atoms with Crippen LogP contribution in [0.3, 0.4) is 0 Å². The van der Waals surface area contributed by atoms with E-state index in [9.17, 15) is 4.79 Å². The van der Waals surface area contributed by atoms with E-state index >= 15 is 0 Å². The van der Waals surface area contributed by atoms with Gasteiger partial charge in [-0.05, 0) is 12.8 Å². The Morgan fingerprint density at radius 1 is 1.44 bits per heavy atom. The molecule has 0 N–H and O–H groups in total. The number of amides is 1. The SMILES string of the molecule is O=CN1CCCCOC1. The molecule has 0 aliphatic carbocycles. The molecule has 1 aliphatic heterocycles. The van der Waals surface area contributed by atoms with Crippen LogP contribution in [0.4, 0.5) is 0 Å². The van der Waals surface area contributed by atoms with Crippen molar-refractivity contribution < 1.29 is 9.53 Å². The van der Waals surface area contributed by atoms with Crippen molar-refractivity contribution in [3.63, 3.8) is 0 Å². The van der Waals surface area contributed by atoms with E-state index in [-0.39, 0.29) is 0 Å². The summed E-state index contributed by atoms with van der Waals surface area (Å²) in [7, 11) is 0. The molecule has 0 radical (unpaired) electrons. The third kappa shape index (κ3) is 2.01. The van der Waals surface area contributed by atoms with Crippen molar-refractivity contribution >= 4 is 6.41 Å². The maximum absolute atomic E-state index is 10.2. The molecule has 0 bridgehead atoms. The summed E-state index contributed by atoms with van der Waals surface area (Å²) in [5, 5.41) is 0. The van der Waals surface area contributed by atoms with Crippen LogP contribution in [-0.4, -0.2) is 31.2 Å². The number of ether oxygens (including phenoxy) is 1. The van der Waals surface area contributed by atoms with Gasteiger partial charge in [0.1, 0.15) is 6.73 Å². The molecule has 0 aromatic rings. The summed E-state index contributed by atoms with van der Waals surface area (Å²) in [6, 6.07) is 0. The number of hydrogen-bond donors (Lipinski definition) is 0. The maximum Gasteiger partial charge on any atom is 0.211 e. The van der Waals surface area contributed by atoms with Crippen molar-refractivity contribution in [2.45, 2.75) is 12.8 Å². The lowest BCUT2D eigenvalue weighted by atomic mass is 10.3. The minimum atomic E-state index is 0.476. The standard InChI is InChI=1S/C6H11NO2/c8-5-7-3-1-2-4-9-6-7/h5H,1-4,6H2. The highest BCUT2D eigenvalue weighted by Crippen LogP contribution is 1.99. The molecule has 1 aliphatic rings. The van der Waals surface area contributed by atoms with Gasteiger partial charge in [-0.1, -0.05) is 0 Å². The van der Waals surface area contributed by atoms with Gasteiger partial charge < -0.3 is 9.64 Å². The Kier molecular flexibility index (Phi) is 2.51. The molecule has 3 nitrogen and oxygen atoms in total. The third-order valence-electron chi connectivity index (χ3n) is 1.39. The largest absolute Gasteiger partial charge is 0.361 e. The molecule has 1 heterocycles.